The van der Waals surface area contributed by atoms with Crippen LogP contribution in [-0.4, -0.2) is 28.9 Å². The van der Waals surface area contributed by atoms with Crippen molar-refractivity contribution in [1.82, 2.24) is 4.90 Å². The van der Waals surface area contributed by atoms with Crippen LogP contribution in [0, 0.1) is 5.92 Å². The maximum Gasteiger partial charge on any atom is 0.411 e. The van der Waals surface area contributed by atoms with Gasteiger partial charge in [0.1, 0.15) is 12.1 Å². The highest BCUT2D eigenvalue weighted by Gasteiger charge is 2.70. The molecule has 0 bridgehead atoms. The summed E-state index contributed by atoms with van der Waals surface area (Å²) < 4.78 is 5.22. The number of Topliss-reactive ketones (excluding diaryl/α,β-unsaturated/α-hetero) is 1. The molecule has 1 amide bonds. The molecule has 3 atom stereocenters. The first-order valence-electron chi connectivity index (χ1n) is 6.78. The number of carbonyl (C=O) groups is 2. The highest BCUT2D eigenvalue weighted by Crippen LogP contribution is 2.60. The molecular formula is C15H15NO3. The molecule has 3 aliphatic rings. The average molecular weight is 257 g/mol. The zero-order chi connectivity index (χ0) is 13.0. The normalized spacial score (nSPS) is 36.3. The van der Waals surface area contributed by atoms with Gasteiger partial charge in [0, 0.05) is 6.42 Å². The molecule has 1 saturated heterocycles. The lowest BCUT2D eigenvalue weighted by molar-refractivity contribution is -0.123. The Labute approximate surface area is 111 Å². The lowest BCUT2D eigenvalue weighted by Gasteiger charge is -2.29. The van der Waals surface area contributed by atoms with Crippen molar-refractivity contribution in [2.75, 3.05) is 6.61 Å². The van der Waals surface area contributed by atoms with Crippen LogP contribution in [0.3, 0.4) is 0 Å². The van der Waals surface area contributed by atoms with E-state index in [1.165, 1.54) is 0 Å². The Morgan fingerprint density at radius 3 is 2.63 bits per heavy atom. The van der Waals surface area contributed by atoms with Crippen LogP contribution >= 0.6 is 0 Å². The zero-order valence-corrected chi connectivity index (χ0v) is 10.5. The summed E-state index contributed by atoms with van der Waals surface area (Å²) in [6, 6.07) is 9.73. The third-order valence-corrected chi connectivity index (χ3v) is 4.76. The number of hydrogen-bond acceptors (Lipinski definition) is 3. The monoisotopic (exact) mass is 257 g/mol. The van der Waals surface area contributed by atoms with E-state index in [0.29, 0.717) is 18.9 Å². The van der Waals surface area contributed by atoms with Crippen molar-refractivity contribution in [3.8, 4) is 0 Å². The predicted octanol–water partition coefficient (Wildman–Crippen LogP) is 2.30. The van der Waals surface area contributed by atoms with Gasteiger partial charge in [0.05, 0.1) is 6.04 Å². The van der Waals surface area contributed by atoms with Crippen LogP contribution in [0.4, 0.5) is 4.79 Å². The van der Waals surface area contributed by atoms with Crippen molar-refractivity contribution in [2.24, 2.45) is 5.92 Å². The van der Waals surface area contributed by atoms with Gasteiger partial charge < -0.3 is 4.74 Å². The van der Waals surface area contributed by atoms with Crippen LogP contribution in [0.15, 0.2) is 30.3 Å². The molecule has 0 N–H and O–H groups in total. The lowest BCUT2D eigenvalue weighted by Crippen LogP contribution is -2.44. The number of benzene rings is 1. The van der Waals surface area contributed by atoms with Gasteiger partial charge in [0.15, 0.2) is 5.78 Å². The molecule has 4 heteroatoms. The average Bonchev–Trinajstić information content (AvgIpc) is 2.91. The smallest absolute Gasteiger partial charge is 0.411 e. The molecule has 98 valence electrons. The minimum Gasteiger partial charge on any atom is -0.447 e. The summed E-state index contributed by atoms with van der Waals surface area (Å²) in [7, 11) is 0. The molecule has 3 fully saturated rings. The van der Waals surface area contributed by atoms with Gasteiger partial charge in [0.2, 0.25) is 0 Å². The summed E-state index contributed by atoms with van der Waals surface area (Å²) in [5.41, 5.74) is 0.516. The summed E-state index contributed by atoms with van der Waals surface area (Å²) in [5.74, 6) is 0.578. The topological polar surface area (TPSA) is 46.6 Å². The molecule has 4 nitrogen and oxygen atoms in total. The van der Waals surface area contributed by atoms with E-state index in [1.54, 1.807) is 4.90 Å². The molecular weight excluding hydrogens is 242 g/mol. The second kappa shape index (κ2) is 3.59. The minimum absolute atomic E-state index is 0.110. The van der Waals surface area contributed by atoms with E-state index in [2.05, 4.69) is 0 Å². The van der Waals surface area contributed by atoms with E-state index < -0.39 is 5.54 Å². The number of amides is 1. The first-order valence-corrected chi connectivity index (χ1v) is 6.78. The third-order valence-electron chi connectivity index (χ3n) is 4.76. The number of fused-ring (bicyclic) bond motifs is 1. The van der Waals surface area contributed by atoms with Crippen LogP contribution in [0.25, 0.3) is 0 Å². The number of nitrogens with zero attached hydrogens (tertiary/aromatic N) is 1. The van der Waals surface area contributed by atoms with Gasteiger partial charge in [-0.1, -0.05) is 30.3 Å². The summed E-state index contributed by atoms with van der Waals surface area (Å²) in [5, 5.41) is 0. The molecule has 19 heavy (non-hydrogen) atoms. The Kier molecular flexibility index (Phi) is 2.08. The maximum atomic E-state index is 12.2. The summed E-state index contributed by atoms with van der Waals surface area (Å²) in [6.07, 6.45) is 2.02. The first kappa shape index (κ1) is 11.0. The van der Waals surface area contributed by atoms with Gasteiger partial charge in [-0.25, -0.2) is 4.79 Å². The first-order chi connectivity index (χ1) is 9.23. The van der Waals surface area contributed by atoms with E-state index in [9.17, 15) is 9.59 Å². The van der Waals surface area contributed by atoms with Crippen molar-refractivity contribution in [3.63, 3.8) is 0 Å². The fourth-order valence-corrected chi connectivity index (χ4v) is 3.73. The van der Waals surface area contributed by atoms with Crippen LogP contribution in [-0.2, 0) is 9.53 Å². The van der Waals surface area contributed by atoms with E-state index >= 15 is 0 Å². The third kappa shape index (κ3) is 1.34. The van der Waals surface area contributed by atoms with E-state index in [1.807, 2.05) is 30.3 Å². The molecule has 1 aromatic carbocycles. The number of cyclic esters (lactones) is 1. The van der Waals surface area contributed by atoms with Crippen LogP contribution < -0.4 is 0 Å². The summed E-state index contributed by atoms with van der Waals surface area (Å²) in [4.78, 5) is 26.0. The van der Waals surface area contributed by atoms with Crippen molar-refractivity contribution in [2.45, 2.75) is 30.8 Å². The highest BCUT2D eigenvalue weighted by atomic mass is 16.6. The fraction of sp³-hybridized carbons (Fsp3) is 0.467. The standard InChI is InChI=1S/C15H15NO3/c17-13-7-6-11-8-15(11,13)16-12(9-19-14(16)18)10-4-2-1-3-5-10/h1-5,11-12H,6-9H2/t11-,12-,15-/m0/s1. The van der Waals surface area contributed by atoms with Gasteiger partial charge in [-0.3, -0.25) is 9.69 Å². The maximum absolute atomic E-state index is 12.2. The molecule has 0 radical (unpaired) electrons. The lowest BCUT2D eigenvalue weighted by atomic mass is 10.0. The number of ether oxygens (including phenoxy) is 1. The Balaban J connectivity index is 1.73. The molecule has 2 saturated carbocycles. The molecule has 0 spiro atoms. The van der Waals surface area contributed by atoms with Crippen LogP contribution in [0.1, 0.15) is 30.9 Å². The predicted molar refractivity (Wildman–Crippen MR) is 67.4 cm³/mol. The Morgan fingerprint density at radius 2 is 2.00 bits per heavy atom. The van der Waals surface area contributed by atoms with Crippen LogP contribution in [0.2, 0.25) is 0 Å². The fourth-order valence-electron chi connectivity index (χ4n) is 3.73. The summed E-state index contributed by atoms with van der Waals surface area (Å²) in [6.45, 7) is 0.352. The number of carbonyl (C=O) groups excluding carboxylic acids is 2. The Hall–Kier alpha value is -1.84. The quantitative estimate of drug-likeness (QED) is 0.816. The van der Waals surface area contributed by atoms with Crippen molar-refractivity contribution >= 4 is 11.9 Å². The number of ketones is 1. The number of rotatable bonds is 2. The van der Waals surface area contributed by atoms with Crippen LogP contribution in [0.5, 0.6) is 0 Å². The molecule has 1 aliphatic heterocycles. The molecule has 2 aliphatic carbocycles. The highest BCUT2D eigenvalue weighted by molar-refractivity contribution is 5.98. The van der Waals surface area contributed by atoms with Crippen molar-refractivity contribution < 1.29 is 14.3 Å². The zero-order valence-electron chi connectivity index (χ0n) is 10.5. The van der Waals surface area contributed by atoms with Crippen molar-refractivity contribution in [1.29, 1.82) is 0 Å². The number of hydrogen-bond donors (Lipinski definition) is 0. The second-order valence-corrected chi connectivity index (χ2v) is 5.66. The molecule has 1 heterocycles. The van der Waals surface area contributed by atoms with Gasteiger partial charge >= 0.3 is 6.09 Å². The Bertz CT molecular complexity index is 556. The van der Waals surface area contributed by atoms with E-state index in [4.69, 9.17) is 4.74 Å². The second-order valence-electron chi connectivity index (χ2n) is 5.66. The molecule has 0 unspecified atom stereocenters. The SMILES string of the molecule is O=C1OC[C@@H](c2ccccc2)N1[C@@]12C[C@@H]1CCC2=O. The van der Waals surface area contributed by atoms with Gasteiger partial charge in [-0.05, 0) is 24.3 Å². The van der Waals surface area contributed by atoms with Gasteiger partial charge in [-0.15, -0.1) is 0 Å². The van der Waals surface area contributed by atoms with Gasteiger partial charge in [-0.2, -0.15) is 0 Å². The van der Waals surface area contributed by atoms with Gasteiger partial charge in [0.25, 0.3) is 0 Å². The van der Waals surface area contributed by atoms with E-state index in [-0.39, 0.29) is 17.9 Å². The van der Waals surface area contributed by atoms with E-state index in [0.717, 1.165) is 18.4 Å². The Morgan fingerprint density at radius 1 is 1.21 bits per heavy atom. The molecule has 1 aromatic rings. The minimum atomic E-state index is -0.534. The van der Waals surface area contributed by atoms with Crippen molar-refractivity contribution in [3.05, 3.63) is 35.9 Å². The largest absolute Gasteiger partial charge is 0.447 e. The molecule has 4 rings (SSSR count). The molecule has 0 aromatic heterocycles. The summed E-state index contributed by atoms with van der Waals surface area (Å²) >= 11 is 0.